The molecule has 0 spiro atoms. The van der Waals surface area contributed by atoms with Crippen molar-refractivity contribution in [3.05, 3.63) is 77.1 Å². The van der Waals surface area contributed by atoms with Gasteiger partial charge in [0.2, 0.25) is 5.91 Å². The molecule has 0 aliphatic rings. The molecule has 0 saturated carbocycles. The van der Waals surface area contributed by atoms with Crippen molar-refractivity contribution in [2.45, 2.75) is 39.5 Å². The maximum absolute atomic E-state index is 13.6. The third-order valence-corrected chi connectivity index (χ3v) is 5.36. The van der Waals surface area contributed by atoms with Gasteiger partial charge in [-0.2, -0.15) is 13.2 Å². The third kappa shape index (κ3) is 7.81. The molecular formula is C26H27F3N4O4. The van der Waals surface area contributed by atoms with E-state index in [1.54, 1.807) is 26.1 Å². The maximum Gasteiger partial charge on any atom is 0.416 e. The number of hydrogen-bond acceptors (Lipinski definition) is 7. The Morgan fingerprint density at radius 1 is 1.03 bits per heavy atom. The van der Waals surface area contributed by atoms with E-state index >= 15 is 0 Å². The lowest BCUT2D eigenvalue weighted by Gasteiger charge is -2.24. The molecule has 11 heteroatoms. The zero-order chi connectivity index (χ0) is 27.0. The summed E-state index contributed by atoms with van der Waals surface area (Å²) in [6, 6.07) is 5.00. The number of carbonyl (C=O) groups is 2. The van der Waals surface area contributed by atoms with Gasteiger partial charge in [0.1, 0.15) is 6.61 Å². The molecule has 1 aromatic carbocycles. The van der Waals surface area contributed by atoms with Crippen LogP contribution in [0.2, 0.25) is 0 Å². The van der Waals surface area contributed by atoms with Gasteiger partial charge in [-0.05, 0) is 48.7 Å². The number of amides is 1. The number of carbonyl (C=O) groups excluding carboxylic acids is 2. The molecule has 0 aliphatic heterocycles. The fourth-order valence-electron chi connectivity index (χ4n) is 3.64. The summed E-state index contributed by atoms with van der Waals surface area (Å²) in [7, 11) is 1.36. The topological polar surface area (TPSA) is 94.5 Å². The number of hydrogen-bond donors (Lipinski definition) is 0. The Labute approximate surface area is 212 Å². The third-order valence-electron chi connectivity index (χ3n) is 5.36. The molecule has 0 atom stereocenters. The Morgan fingerprint density at radius 2 is 1.81 bits per heavy atom. The minimum Gasteiger partial charge on any atom is -0.466 e. The Kier molecular flexibility index (Phi) is 9.29. The summed E-state index contributed by atoms with van der Waals surface area (Å²) in [5.41, 5.74) is 2.04. The number of ether oxygens (including phenoxy) is 2. The quantitative estimate of drug-likeness (QED) is 0.374. The number of alkyl halides is 3. The van der Waals surface area contributed by atoms with Gasteiger partial charge in [-0.1, -0.05) is 6.07 Å². The molecule has 3 aromatic rings. The fraction of sp³-hybridized carbons (Fsp3) is 0.346. The molecule has 2 aromatic heterocycles. The van der Waals surface area contributed by atoms with Gasteiger partial charge in [0, 0.05) is 37.8 Å². The molecule has 0 aliphatic carbocycles. The number of halogens is 3. The lowest BCUT2D eigenvalue weighted by atomic mass is 9.96. The molecule has 0 bridgehead atoms. The van der Waals surface area contributed by atoms with Gasteiger partial charge in [0.25, 0.3) is 0 Å². The lowest BCUT2D eigenvalue weighted by molar-refractivity contribution is -0.142. The number of methoxy groups -OCH3 is 1. The smallest absolute Gasteiger partial charge is 0.416 e. The van der Waals surface area contributed by atoms with Crippen molar-refractivity contribution in [1.29, 1.82) is 0 Å². The second-order valence-corrected chi connectivity index (χ2v) is 8.27. The Bertz CT molecular complexity index is 1230. The summed E-state index contributed by atoms with van der Waals surface area (Å²) in [6.45, 7) is 3.30. The highest BCUT2D eigenvalue weighted by Gasteiger charge is 2.31. The van der Waals surface area contributed by atoms with Crippen LogP contribution in [0.4, 0.5) is 13.2 Å². The van der Waals surface area contributed by atoms with E-state index in [1.807, 2.05) is 0 Å². The first-order chi connectivity index (χ1) is 17.6. The zero-order valence-electron chi connectivity index (χ0n) is 20.7. The molecule has 0 radical (unpaired) electrons. The van der Waals surface area contributed by atoms with Crippen LogP contribution >= 0.6 is 0 Å². The summed E-state index contributed by atoms with van der Waals surface area (Å²) < 4.78 is 50.8. The summed E-state index contributed by atoms with van der Waals surface area (Å²) in [5, 5.41) is 0. The average molecular weight is 517 g/mol. The van der Waals surface area contributed by atoms with E-state index in [9.17, 15) is 22.8 Å². The molecule has 0 fully saturated rings. The number of pyridine rings is 1. The first kappa shape index (κ1) is 27.7. The minimum absolute atomic E-state index is 0.0201. The van der Waals surface area contributed by atoms with E-state index in [0.29, 0.717) is 28.1 Å². The highest BCUT2D eigenvalue weighted by atomic mass is 19.4. The van der Waals surface area contributed by atoms with Gasteiger partial charge < -0.3 is 14.4 Å². The van der Waals surface area contributed by atoms with Gasteiger partial charge in [-0.3, -0.25) is 24.5 Å². The highest BCUT2D eigenvalue weighted by molar-refractivity contribution is 5.78. The molecule has 1 amide bonds. The van der Waals surface area contributed by atoms with Crippen LogP contribution in [0.15, 0.2) is 49.1 Å². The van der Waals surface area contributed by atoms with Crippen molar-refractivity contribution in [3.63, 3.8) is 0 Å². The first-order valence-corrected chi connectivity index (χ1v) is 11.4. The summed E-state index contributed by atoms with van der Waals surface area (Å²) in [5.74, 6) is -0.868. The second kappa shape index (κ2) is 12.4. The summed E-state index contributed by atoms with van der Waals surface area (Å²) in [4.78, 5) is 38.7. The monoisotopic (exact) mass is 516 g/mol. The summed E-state index contributed by atoms with van der Waals surface area (Å²) >= 11 is 0. The highest BCUT2D eigenvalue weighted by Crippen LogP contribution is 2.34. The second-order valence-electron chi connectivity index (χ2n) is 8.27. The van der Waals surface area contributed by atoms with Crippen LogP contribution in [-0.4, -0.2) is 52.1 Å². The number of aromatic nitrogens is 3. The summed E-state index contributed by atoms with van der Waals surface area (Å²) in [6.07, 6.45) is 1.43. The number of rotatable bonds is 10. The molecule has 37 heavy (non-hydrogen) atoms. The van der Waals surface area contributed by atoms with Crippen molar-refractivity contribution in [2.75, 3.05) is 20.3 Å². The van der Waals surface area contributed by atoms with Crippen molar-refractivity contribution in [2.24, 2.45) is 0 Å². The fourth-order valence-corrected chi connectivity index (χ4v) is 3.64. The van der Waals surface area contributed by atoms with E-state index in [2.05, 4.69) is 15.0 Å². The van der Waals surface area contributed by atoms with Crippen LogP contribution in [0.5, 0.6) is 0 Å². The van der Waals surface area contributed by atoms with Crippen LogP contribution in [0.3, 0.4) is 0 Å². The number of aryl methyl sites for hydroxylation is 1. The molecule has 3 rings (SSSR count). The maximum atomic E-state index is 13.6. The van der Waals surface area contributed by atoms with Crippen LogP contribution in [0, 0.1) is 6.92 Å². The Morgan fingerprint density at radius 3 is 2.46 bits per heavy atom. The first-order valence-electron chi connectivity index (χ1n) is 11.4. The standard InChI is InChI=1S/C26H27F3N4O4/c1-4-37-25(35)8-18-7-19(12-30-11-18)23-6-5-21(26(27,28)29)9-20(23)14-33(24(34)16-36-3)15-22-13-31-17(2)10-32-22/h5-7,9-13H,4,8,14-16H2,1-3H3. The van der Waals surface area contributed by atoms with Crippen LogP contribution in [0.1, 0.15) is 35.0 Å². The molecule has 0 unspecified atom stereocenters. The minimum atomic E-state index is -4.58. The van der Waals surface area contributed by atoms with Crippen molar-refractivity contribution in [3.8, 4) is 11.1 Å². The zero-order valence-corrected chi connectivity index (χ0v) is 20.7. The number of benzene rings is 1. The van der Waals surface area contributed by atoms with Gasteiger partial charge in [-0.25, -0.2) is 0 Å². The largest absolute Gasteiger partial charge is 0.466 e. The molecule has 0 N–H and O–H groups in total. The van der Waals surface area contributed by atoms with Gasteiger partial charge in [0.05, 0.1) is 42.7 Å². The van der Waals surface area contributed by atoms with Crippen molar-refractivity contribution in [1.82, 2.24) is 19.9 Å². The average Bonchev–Trinajstić information content (AvgIpc) is 2.85. The molecule has 2 heterocycles. The van der Waals surface area contributed by atoms with Crippen molar-refractivity contribution >= 4 is 11.9 Å². The number of nitrogens with zero attached hydrogens (tertiary/aromatic N) is 4. The molecule has 0 saturated heterocycles. The van der Waals surface area contributed by atoms with E-state index in [0.717, 1.165) is 12.1 Å². The van der Waals surface area contributed by atoms with E-state index < -0.39 is 23.6 Å². The molecule has 8 nitrogen and oxygen atoms in total. The van der Waals surface area contributed by atoms with Crippen LogP contribution in [-0.2, 0) is 44.7 Å². The van der Waals surface area contributed by atoms with E-state index in [-0.39, 0.29) is 38.3 Å². The van der Waals surface area contributed by atoms with Crippen LogP contribution < -0.4 is 0 Å². The lowest BCUT2D eigenvalue weighted by Crippen LogP contribution is -2.33. The van der Waals surface area contributed by atoms with Gasteiger partial charge in [0.15, 0.2) is 0 Å². The SMILES string of the molecule is CCOC(=O)Cc1cncc(-c2ccc(C(F)(F)F)cc2CN(Cc2cnc(C)cn2)C(=O)COC)c1. The Hall–Kier alpha value is -3.86. The predicted octanol–water partition coefficient (Wildman–Crippen LogP) is 4.15. The predicted molar refractivity (Wildman–Crippen MR) is 128 cm³/mol. The van der Waals surface area contributed by atoms with E-state index in [1.165, 1.54) is 36.7 Å². The van der Waals surface area contributed by atoms with Gasteiger partial charge in [-0.15, -0.1) is 0 Å². The van der Waals surface area contributed by atoms with Gasteiger partial charge >= 0.3 is 12.1 Å². The number of esters is 1. The normalized spacial score (nSPS) is 11.3. The van der Waals surface area contributed by atoms with Crippen molar-refractivity contribution < 1.29 is 32.2 Å². The molecular weight excluding hydrogens is 489 g/mol. The molecule has 196 valence electrons. The Balaban J connectivity index is 2.02. The van der Waals surface area contributed by atoms with E-state index in [4.69, 9.17) is 9.47 Å². The van der Waals surface area contributed by atoms with Crippen LogP contribution in [0.25, 0.3) is 11.1 Å².